The SMILES string of the molecule is CCc1noc(-c2cc(=O)n(CC(=O)Nc3ccccc3)c3ccccc23)n1. The lowest BCUT2D eigenvalue weighted by molar-refractivity contribution is -0.116. The fraction of sp³-hybridized carbons (Fsp3) is 0.143. The second kappa shape index (κ2) is 7.48. The van der Waals surface area contributed by atoms with Crippen molar-refractivity contribution in [3.05, 3.63) is 76.8 Å². The Morgan fingerprint density at radius 1 is 1.11 bits per heavy atom. The van der Waals surface area contributed by atoms with E-state index in [9.17, 15) is 9.59 Å². The molecule has 2 aromatic heterocycles. The Hall–Kier alpha value is -3.74. The molecule has 0 spiro atoms. The first-order valence-corrected chi connectivity index (χ1v) is 8.96. The lowest BCUT2D eigenvalue weighted by atomic mass is 10.1. The number of aryl methyl sites for hydroxylation is 1. The van der Waals surface area contributed by atoms with E-state index >= 15 is 0 Å². The van der Waals surface area contributed by atoms with Gasteiger partial charge in [-0.25, -0.2) is 0 Å². The zero-order valence-electron chi connectivity index (χ0n) is 15.3. The minimum absolute atomic E-state index is 0.0986. The number of fused-ring (bicyclic) bond motifs is 1. The summed E-state index contributed by atoms with van der Waals surface area (Å²) in [6.07, 6.45) is 0.637. The van der Waals surface area contributed by atoms with Gasteiger partial charge in [0.25, 0.3) is 11.4 Å². The number of rotatable bonds is 5. The predicted octanol–water partition coefficient (Wildman–Crippen LogP) is 3.25. The monoisotopic (exact) mass is 374 g/mol. The number of para-hydroxylation sites is 2. The van der Waals surface area contributed by atoms with Crippen molar-refractivity contribution in [1.82, 2.24) is 14.7 Å². The van der Waals surface area contributed by atoms with Gasteiger partial charge in [0.1, 0.15) is 6.54 Å². The number of nitrogens with one attached hydrogen (secondary N) is 1. The van der Waals surface area contributed by atoms with Crippen molar-refractivity contribution >= 4 is 22.5 Å². The summed E-state index contributed by atoms with van der Waals surface area (Å²) < 4.78 is 6.75. The number of aromatic nitrogens is 3. The van der Waals surface area contributed by atoms with E-state index in [1.54, 1.807) is 18.2 Å². The van der Waals surface area contributed by atoms with Crippen LogP contribution < -0.4 is 10.9 Å². The summed E-state index contributed by atoms with van der Waals surface area (Å²) in [5.74, 6) is 0.591. The van der Waals surface area contributed by atoms with Gasteiger partial charge in [-0.15, -0.1) is 0 Å². The van der Waals surface area contributed by atoms with Crippen LogP contribution in [0, 0.1) is 0 Å². The fourth-order valence-electron chi connectivity index (χ4n) is 3.05. The predicted molar refractivity (Wildman–Crippen MR) is 106 cm³/mol. The number of anilines is 1. The van der Waals surface area contributed by atoms with E-state index in [2.05, 4.69) is 15.5 Å². The Balaban J connectivity index is 1.74. The minimum atomic E-state index is -0.312. The molecule has 7 heteroatoms. The molecular weight excluding hydrogens is 356 g/mol. The van der Waals surface area contributed by atoms with Gasteiger partial charge in [-0.05, 0) is 18.2 Å². The van der Waals surface area contributed by atoms with Gasteiger partial charge in [0.2, 0.25) is 5.91 Å². The summed E-state index contributed by atoms with van der Waals surface area (Å²) in [6.45, 7) is 1.83. The number of amides is 1. The summed E-state index contributed by atoms with van der Waals surface area (Å²) >= 11 is 0. The van der Waals surface area contributed by atoms with Gasteiger partial charge in [-0.3, -0.25) is 14.2 Å². The van der Waals surface area contributed by atoms with Gasteiger partial charge in [0, 0.05) is 23.6 Å². The maximum atomic E-state index is 12.8. The van der Waals surface area contributed by atoms with E-state index in [0.717, 1.165) is 5.39 Å². The molecule has 0 saturated heterocycles. The number of hydrogen-bond acceptors (Lipinski definition) is 5. The van der Waals surface area contributed by atoms with E-state index in [1.165, 1.54) is 10.6 Å². The molecule has 2 aromatic carbocycles. The van der Waals surface area contributed by atoms with E-state index < -0.39 is 0 Å². The summed E-state index contributed by atoms with van der Waals surface area (Å²) in [5, 5.41) is 7.47. The molecule has 1 amide bonds. The quantitative estimate of drug-likeness (QED) is 0.579. The molecule has 0 aliphatic carbocycles. The Morgan fingerprint density at radius 2 is 1.86 bits per heavy atom. The lowest BCUT2D eigenvalue weighted by Gasteiger charge is -2.12. The van der Waals surface area contributed by atoms with E-state index in [4.69, 9.17) is 4.52 Å². The highest BCUT2D eigenvalue weighted by atomic mass is 16.5. The molecule has 28 heavy (non-hydrogen) atoms. The van der Waals surface area contributed by atoms with E-state index in [0.29, 0.717) is 34.9 Å². The molecule has 140 valence electrons. The molecule has 0 saturated carbocycles. The van der Waals surface area contributed by atoms with Crippen LogP contribution in [-0.2, 0) is 17.8 Å². The molecule has 4 rings (SSSR count). The van der Waals surface area contributed by atoms with Gasteiger partial charge in [-0.1, -0.05) is 48.5 Å². The summed E-state index contributed by atoms with van der Waals surface area (Å²) in [4.78, 5) is 29.6. The molecule has 1 N–H and O–H groups in total. The maximum Gasteiger partial charge on any atom is 0.258 e. The average Bonchev–Trinajstić information content (AvgIpc) is 3.20. The molecule has 4 aromatic rings. The summed E-state index contributed by atoms with van der Waals surface area (Å²) in [5.41, 5.74) is 1.56. The van der Waals surface area contributed by atoms with Crippen LogP contribution in [0.4, 0.5) is 5.69 Å². The Kier molecular flexibility index (Phi) is 4.72. The number of pyridine rings is 1. The number of carbonyl (C=O) groups excluding carboxylic acids is 1. The van der Waals surface area contributed by atoms with Gasteiger partial charge in [-0.2, -0.15) is 4.98 Å². The first kappa shape index (κ1) is 17.7. The van der Waals surface area contributed by atoms with Crippen LogP contribution in [0.1, 0.15) is 12.7 Å². The van der Waals surface area contributed by atoms with Crippen molar-refractivity contribution in [3.8, 4) is 11.5 Å². The second-order valence-electron chi connectivity index (χ2n) is 6.28. The standard InChI is InChI=1S/C21H18N4O3/c1-2-18-23-21(28-24-18)16-12-20(27)25(17-11-7-6-10-15(16)17)13-19(26)22-14-8-4-3-5-9-14/h3-12H,2,13H2,1H3,(H,22,26). The van der Waals surface area contributed by atoms with Crippen LogP contribution in [0.3, 0.4) is 0 Å². The van der Waals surface area contributed by atoms with Crippen molar-refractivity contribution in [1.29, 1.82) is 0 Å². The molecule has 0 aliphatic rings. The van der Waals surface area contributed by atoms with Crippen molar-refractivity contribution in [2.45, 2.75) is 19.9 Å². The zero-order chi connectivity index (χ0) is 19.5. The number of carbonyl (C=O) groups is 1. The van der Waals surface area contributed by atoms with Gasteiger partial charge in [0.15, 0.2) is 5.82 Å². The highest BCUT2D eigenvalue weighted by molar-refractivity contribution is 5.95. The van der Waals surface area contributed by atoms with Crippen LogP contribution in [-0.4, -0.2) is 20.6 Å². The number of hydrogen-bond donors (Lipinski definition) is 1. The van der Waals surface area contributed by atoms with Crippen molar-refractivity contribution < 1.29 is 9.32 Å². The fourth-order valence-corrected chi connectivity index (χ4v) is 3.05. The number of nitrogens with zero attached hydrogens (tertiary/aromatic N) is 3. The van der Waals surface area contributed by atoms with Crippen LogP contribution >= 0.6 is 0 Å². The highest BCUT2D eigenvalue weighted by Crippen LogP contribution is 2.26. The van der Waals surface area contributed by atoms with E-state index in [-0.39, 0.29) is 18.0 Å². The third-order valence-corrected chi connectivity index (χ3v) is 4.39. The average molecular weight is 374 g/mol. The van der Waals surface area contributed by atoms with Gasteiger partial charge >= 0.3 is 0 Å². The normalized spacial score (nSPS) is 10.9. The van der Waals surface area contributed by atoms with Crippen LogP contribution in [0.2, 0.25) is 0 Å². The molecule has 0 radical (unpaired) electrons. The van der Waals surface area contributed by atoms with Crippen molar-refractivity contribution in [3.63, 3.8) is 0 Å². The maximum absolute atomic E-state index is 12.8. The first-order valence-electron chi connectivity index (χ1n) is 8.96. The molecule has 0 fully saturated rings. The second-order valence-corrected chi connectivity index (χ2v) is 6.28. The zero-order valence-corrected chi connectivity index (χ0v) is 15.3. The minimum Gasteiger partial charge on any atom is -0.334 e. The molecule has 2 heterocycles. The molecule has 0 bridgehead atoms. The van der Waals surface area contributed by atoms with Crippen LogP contribution in [0.25, 0.3) is 22.4 Å². The van der Waals surface area contributed by atoms with Crippen LogP contribution in [0.15, 0.2) is 70.0 Å². The topological polar surface area (TPSA) is 90.0 Å². The molecule has 7 nitrogen and oxygen atoms in total. The van der Waals surface area contributed by atoms with Gasteiger partial charge in [0.05, 0.1) is 11.1 Å². The van der Waals surface area contributed by atoms with Crippen molar-refractivity contribution in [2.75, 3.05) is 5.32 Å². The van der Waals surface area contributed by atoms with Crippen molar-refractivity contribution in [2.24, 2.45) is 0 Å². The molecular formula is C21H18N4O3. The largest absolute Gasteiger partial charge is 0.334 e. The van der Waals surface area contributed by atoms with E-state index in [1.807, 2.05) is 43.3 Å². The third-order valence-electron chi connectivity index (χ3n) is 4.39. The van der Waals surface area contributed by atoms with Gasteiger partial charge < -0.3 is 9.84 Å². The molecule has 0 atom stereocenters. The Morgan fingerprint density at radius 3 is 2.61 bits per heavy atom. The Bertz CT molecular complexity index is 1200. The Labute approximate surface area is 160 Å². The molecule has 0 aliphatic heterocycles. The van der Waals surface area contributed by atoms with Crippen LogP contribution in [0.5, 0.6) is 0 Å². The smallest absolute Gasteiger partial charge is 0.258 e. The highest BCUT2D eigenvalue weighted by Gasteiger charge is 2.16. The summed E-state index contributed by atoms with van der Waals surface area (Å²) in [7, 11) is 0. The number of benzene rings is 2. The third kappa shape index (κ3) is 3.42. The molecule has 0 unspecified atom stereocenters. The lowest BCUT2D eigenvalue weighted by Crippen LogP contribution is -2.27. The first-order chi connectivity index (χ1) is 13.7. The summed E-state index contributed by atoms with van der Waals surface area (Å²) in [6, 6.07) is 17.9.